The standard InChI is InChI=1S/C25H18BrFN2O3/c1-14-22(24(30)28-17-9-10-18(20(27)13-17)25(31)32-2)19-12-16(26)8-11-21(19)29-23(14)15-6-4-3-5-7-15/h3-13H,1-2H3,(H,28,30). The number of ether oxygens (including phenoxy) is 1. The van der Waals surface area contributed by atoms with Crippen LogP contribution >= 0.6 is 15.9 Å². The summed E-state index contributed by atoms with van der Waals surface area (Å²) in [6.45, 7) is 1.84. The zero-order chi connectivity index (χ0) is 22.8. The van der Waals surface area contributed by atoms with Crippen molar-refractivity contribution in [3.05, 3.63) is 93.7 Å². The molecule has 0 radical (unpaired) electrons. The molecule has 160 valence electrons. The number of nitrogens with zero attached hydrogens (tertiary/aromatic N) is 1. The summed E-state index contributed by atoms with van der Waals surface area (Å²) in [5.74, 6) is -1.97. The number of carbonyl (C=O) groups is 2. The maximum Gasteiger partial charge on any atom is 0.340 e. The smallest absolute Gasteiger partial charge is 0.340 e. The molecule has 1 amide bonds. The van der Waals surface area contributed by atoms with Crippen LogP contribution in [0, 0.1) is 12.7 Å². The third-order valence-corrected chi connectivity index (χ3v) is 5.59. The van der Waals surface area contributed by atoms with Gasteiger partial charge in [0, 0.05) is 21.1 Å². The lowest BCUT2D eigenvalue weighted by molar-refractivity contribution is 0.0595. The van der Waals surface area contributed by atoms with Crippen molar-refractivity contribution in [2.75, 3.05) is 12.4 Å². The van der Waals surface area contributed by atoms with E-state index >= 15 is 0 Å². The number of fused-ring (bicyclic) bond motifs is 1. The van der Waals surface area contributed by atoms with Crippen LogP contribution in [0.3, 0.4) is 0 Å². The molecule has 32 heavy (non-hydrogen) atoms. The van der Waals surface area contributed by atoms with E-state index < -0.39 is 17.7 Å². The molecule has 0 spiro atoms. The first-order chi connectivity index (χ1) is 15.4. The predicted octanol–water partition coefficient (Wildman–Crippen LogP) is 6.15. The second-order valence-corrected chi connectivity index (χ2v) is 8.04. The number of pyridine rings is 1. The lowest BCUT2D eigenvalue weighted by Crippen LogP contribution is -2.16. The van der Waals surface area contributed by atoms with Crippen LogP contribution in [0.15, 0.2) is 71.2 Å². The quantitative estimate of drug-likeness (QED) is 0.347. The molecule has 3 aromatic carbocycles. The number of halogens is 2. The van der Waals surface area contributed by atoms with Gasteiger partial charge in [-0.25, -0.2) is 14.2 Å². The van der Waals surface area contributed by atoms with Crippen molar-refractivity contribution >= 4 is 44.4 Å². The van der Waals surface area contributed by atoms with E-state index in [-0.39, 0.29) is 11.3 Å². The molecule has 5 nitrogen and oxygen atoms in total. The molecule has 0 bridgehead atoms. The summed E-state index contributed by atoms with van der Waals surface area (Å²) in [6, 6.07) is 19.0. The molecule has 0 fully saturated rings. The summed E-state index contributed by atoms with van der Waals surface area (Å²) >= 11 is 3.46. The number of esters is 1. The Labute approximate surface area is 192 Å². The number of hydrogen-bond acceptors (Lipinski definition) is 4. The molecule has 0 aliphatic rings. The summed E-state index contributed by atoms with van der Waals surface area (Å²) in [5.41, 5.74) is 3.40. The molecule has 0 atom stereocenters. The molecule has 4 rings (SSSR count). The fourth-order valence-electron chi connectivity index (χ4n) is 3.56. The van der Waals surface area contributed by atoms with Crippen LogP contribution in [0.4, 0.5) is 10.1 Å². The van der Waals surface area contributed by atoms with Gasteiger partial charge in [-0.15, -0.1) is 0 Å². The number of rotatable bonds is 4. The van der Waals surface area contributed by atoms with E-state index in [0.717, 1.165) is 16.1 Å². The van der Waals surface area contributed by atoms with Crippen molar-refractivity contribution in [3.8, 4) is 11.3 Å². The lowest BCUT2D eigenvalue weighted by Gasteiger charge is -2.15. The highest BCUT2D eigenvalue weighted by atomic mass is 79.9. The summed E-state index contributed by atoms with van der Waals surface area (Å²) in [5, 5.41) is 3.41. The van der Waals surface area contributed by atoms with Crippen molar-refractivity contribution < 1.29 is 18.7 Å². The second-order valence-electron chi connectivity index (χ2n) is 7.13. The van der Waals surface area contributed by atoms with Gasteiger partial charge in [-0.3, -0.25) is 4.79 Å². The van der Waals surface area contributed by atoms with Crippen molar-refractivity contribution in [1.29, 1.82) is 0 Å². The number of aromatic nitrogens is 1. The van der Waals surface area contributed by atoms with Crippen LogP contribution < -0.4 is 5.32 Å². The number of methoxy groups -OCH3 is 1. The number of hydrogen-bond donors (Lipinski definition) is 1. The maximum atomic E-state index is 14.3. The Morgan fingerprint density at radius 1 is 1.03 bits per heavy atom. The van der Waals surface area contributed by atoms with Gasteiger partial charge in [-0.2, -0.15) is 0 Å². The van der Waals surface area contributed by atoms with E-state index in [1.807, 2.05) is 55.5 Å². The van der Waals surface area contributed by atoms with Gasteiger partial charge in [0.25, 0.3) is 5.91 Å². The summed E-state index contributed by atoms with van der Waals surface area (Å²) in [4.78, 5) is 29.8. The van der Waals surface area contributed by atoms with E-state index in [4.69, 9.17) is 4.98 Å². The Balaban J connectivity index is 1.81. The highest BCUT2D eigenvalue weighted by Crippen LogP contribution is 2.32. The van der Waals surface area contributed by atoms with Crippen LogP contribution in [-0.4, -0.2) is 24.0 Å². The zero-order valence-corrected chi connectivity index (χ0v) is 18.9. The van der Waals surface area contributed by atoms with Crippen LogP contribution in [0.5, 0.6) is 0 Å². The summed E-state index contributed by atoms with van der Waals surface area (Å²) < 4.78 is 19.7. The topological polar surface area (TPSA) is 68.3 Å². The van der Waals surface area contributed by atoms with Crippen LogP contribution in [0.25, 0.3) is 22.2 Å². The average molecular weight is 493 g/mol. The Hall–Kier alpha value is -3.58. The zero-order valence-electron chi connectivity index (χ0n) is 17.3. The molecule has 1 aromatic heterocycles. The van der Waals surface area contributed by atoms with Crippen LogP contribution in [-0.2, 0) is 4.74 Å². The third-order valence-electron chi connectivity index (χ3n) is 5.10. The minimum absolute atomic E-state index is 0.202. The maximum absolute atomic E-state index is 14.3. The molecule has 0 saturated heterocycles. The van der Waals surface area contributed by atoms with Gasteiger partial charge in [-0.05, 0) is 48.9 Å². The summed E-state index contributed by atoms with van der Waals surface area (Å²) in [7, 11) is 1.18. The molecule has 0 aliphatic carbocycles. The first kappa shape index (κ1) is 21.6. The first-order valence-electron chi connectivity index (χ1n) is 9.73. The Morgan fingerprint density at radius 2 is 1.78 bits per heavy atom. The van der Waals surface area contributed by atoms with Gasteiger partial charge < -0.3 is 10.1 Å². The number of carbonyl (C=O) groups excluding carboxylic acids is 2. The molecule has 1 N–H and O–H groups in total. The van der Waals surface area contributed by atoms with E-state index in [0.29, 0.717) is 27.7 Å². The molecule has 1 heterocycles. The van der Waals surface area contributed by atoms with Gasteiger partial charge in [0.1, 0.15) is 5.82 Å². The highest BCUT2D eigenvalue weighted by molar-refractivity contribution is 9.10. The van der Waals surface area contributed by atoms with E-state index in [1.165, 1.54) is 19.2 Å². The number of anilines is 1. The molecule has 0 aliphatic heterocycles. The predicted molar refractivity (Wildman–Crippen MR) is 125 cm³/mol. The number of amides is 1. The van der Waals surface area contributed by atoms with Gasteiger partial charge in [-0.1, -0.05) is 46.3 Å². The van der Waals surface area contributed by atoms with E-state index in [2.05, 4.69) is 26.0 Å². The third kappa shape index (κ3) is 4.11. The van der Waals surface area contributed by atoms with Crippen molar-refractivity contribution in [3.63, 3.8) is 0 Å². The average Bonchev–Trinajstić information content (AvgIpc) is 2.78. The fraction of sp³-hybridized carbons (Fsp3) is 0.0800. The van der Waals surface area contributed by atoms with Crippen LogP contribution in [0.2, 0.25) is 0 Å². The molecular weight excluding hydrogens is 475 g/mol. The van der Waals surface area contributed by atoms with Gasteiger partial charge in [0.2, 0.25) is 0 Å². The van der Waals surface area contributed by atoms with Gasteiger partial charge >= 0.3 is 5.97 Å². The Morgan fingerprint density at radius 3 is 2.47 bits per heavy atom. The molecule has 0 unspecified atom stereocenters. The summed E-state index contributed by atoms with van der Waals surface area (Å²) in [6.07, 6.45) is 0. The molecule has 7 heteroatoms. The van der Waals surface area contributed by atoms with Crippen LogP contribution in [0.1, 0.15) is 26.3 Å². The van der Waals surface area contributed by atoms with Gasteiger partial charge in [0.15, 0.2) is 0 Å². The number of benzene rings is 3. The van der Waals surface area contributed by atoms with Crippen molar-refractivity contribution in [1.82, 2.24) is 4.98 Å². The Kier molecular flexibility index (Phi) is 6.01. The molecule has 4 aromatic rings. The molecule has 0 saturated carbocycles. The lowest BCUT2D eigenvalue weighted by atomic mass is 9.97. The normalized spacial score (nSPS) is 10.8. The van der Waals surface area contributed by atoms with Gasteiger partial charge in [0.05, 0.1) is 29.4 Å². The fourth-order valence-corrected chi connectivity index (χ4v) is 3.92. The van der Waals surface area contributed by atoms with E-state index in [1.54, 1.807) is 0 Å². The minimum Gasteiger partial charge on any atom is -0.465 e. The first-order valence-corrected chi connectivity index (χ1v) is 10.5. The largest absolute Gasteiger partial charge is 0.465 e. The van der Waals surface area contributed by atoms with Crippen molar-refractivity contribution in [2.45, 2.75) is 6.92 Å². The number of nitrogens with one attached hydrogen (secondary N) is 1. The Bertz CT molecular complexity index is 1360. The molecular formula is C25H18BrFN2O3. The van der Waals surface area contributed by atoms with Crippen molar-refractivity contribution in [2.24, 2.45) is 0 Å². The SMILES string of the molecule is COC(=O)c1ccc(NC(=O)c2c(C)c(-c3ccccc3)nc3ccc(Br)cc23)cc1F. The highest BCUT2D eigenvalue weighted by Gasteiger charge is 2.20. The second kappa shape index (κ2) is 8.88. The monoisotopic (exact) mass is 492 g/mol. The van der Waals surface area contributed by atoms with E-state index in [9.17, 15) is 14.0 Å². The minimum atomic E-state index is -0.784.